The molecular formula is C16H19FN2O. The highest BCUT2D eigenvalue weighted by Crippen LogP contribution is 2.15. The summed E-state index contributed by atoms with van der Waals surface area (Å²) in [5.41, 5.74) is 2.09. The van der Waals surface area contributed by atoms with Crippen LogP contribution in [0.15, 0.2) is 41.2 Å². The predicted octanol–water partition coefficient (Wildman–Crippen LogP) is 2.93. The molecule has 4 heteroatoms. The van der Waals surface area contributed by atoms with Crippen LogP contribution in [0.3, 0.4) is 0 Å². The fraction of sp³-hybridized carbons (Fsp3) is 0.312. The Hall–Kier alpha value is -1.94. The van der Waals surface area contributed by atoms with Crippen molar-refractivity contribution in [3.8, 4) is 11.3 Å². The SMILES string of the molecule is CC(C)CNCc1ccc(-c2ccc(F)cc2)[nH]c1=O. The van der Waals surface area contributed by atoms with Crippen molar-refractivity contribution < 1.29 is 4.39 Å². The lowest BCUT2D eigenvalue weighted by molar-refractivity contribution is 0.551. The first-order valence-corrected chi connectivity index (χ1v) is 6.75. The van der Waals surface area contributed by atoms with Gasteiger partial charge in [0.15, 0.2) is 0 Å². The zero-order chi connectivity index (χ0) is 14.5. The molecular weight excluding hydrogens is 255 g/mol. The summed E-state index contributed by atoms with van der Waals surface area (Å²) in [4.78, 5) is 14.8. The number of benzene rings is 1. The maximum atomic E-state index is 12.9. The molecule has 0 spiro atoms. The highest BCUT2D eigenvalue weighted by Gasteiger charge is 2.04. The van der Waals surface area contributed by atoms with Gasteiger partial charge in [0.25, 0.3) is 5.56 Å². The van der Waals surface area contributed by atoms with E-state index in [1.165, 1.54) is 12.1 Å². The smallest absolute Gasteiger partial charge is 0.252 e. The van der Waals surface area contributed by atoms with E-state index in [0.29, 0.717) is 23.7 Å². The van der Waals surface area contributed by atoms with Gasteiger partial charge in [-0.1, -0.05) is 19.9 Å². The lowest BCUT2D eigenvalue weighted by atomic mass is 10.1. The van der Waals surface area contributed by atoms with Gasteiger partial charge in [0.05, 0.1) is 0 Å². The van der Waals surface area contributed by atoms with Gasteiger partial charge in [-0.3, -0.25) is 4.79 Å². The normalized spacial score (nSPS) is 11.0. The van der Waals surface area contributed by atoms with Crippen LogP contribution in [0, 0.1) is 11.7 Å². The molecule has 1 heterocycles. The third-order valence-corrected chi connectivity index (χ3v) is 3.01. The van der Waals surface area contributed by atoms with E-state index in [2.05, 4.69) is 24.1 Å². The van der Waals surface area contributed by atoms with Crippen LogP contribution in [0.25, 0.3) is 11.3 Å². The molecule has 1 aromatic carbocycles. The van der Waals surface area contributed by atoms with Gasteiger partial charge in [-0.05, 0) is 48.4 Å². The van der Waals surface area contributed by atoms with Gasteiger partial charge in [-0.2, -0.15) is 0 Å². The third-order valence-electron chi connectivity index (χ3n) is 3.01. The molecule has 2 N–H and O–H groups in total. The summed E-state index contributed by atoms with van der Waals surface area (Å²) < 4.78 is 12.9. The molecule has 0 fully saturated rings. The number of H-pyrrole nitrogens is 1. The van der Waals surface area contributed by atoms with Gasteiger partial charge in [0, 0.05) is 17.8 Å². The van der Waals surface area contributed by atoms with E-state index < -0.39 is 0 Å². The highest BCUT2D eigenvalue weighted by atomic mass is 19.1. The van der Waals surface area contributed by atoms with E-state index in [0.717, 1.165) is 12.1 Å². The minimum absolute atomic E-state index is 0.108. The molecule has 2 aromatic rings. The molecule has 0 saturated carbocycles. The molecule has 0 unspecified atom stereocenters. The van der Waals surface area contributed by atoms with E-state index in [4.69, 9.17) is 0 Å². The fourth-order valence-electron chi connectivity index (χ4n) is 1.94. The molecule has 0 aliphatic carbocycles. The van der Waals surface area contributed by atoms with Crippen molar-refractivity contribution in [2.45, 2.75) is 20.4 Å². The van der Waals surface area contributed by atoms with Crippen LogP contribution >= 0.6 is 0 Å². The number of aromatic amines is 1. The topological polar surface area (TPSA) is 44.9 Å². The molecule has 0 saturated heterocycles. The molecule has 106 valence electrons. The molecule has 0 bridgehead atoms. The van der Waals surface area contributed by atoms with Crippen molar-refractivity contribution in [3.05, 3.63) is 58.1 Å². The van der Waals surface area contributed by atoms with Gasteiger partial charge >= 0.3 is 0 Å². The Labute approximate surface area is 117 Å². The summed E-state index contributed by atoms with van der Waals surface area (Å²) in [5, 5.41) is 3.24. The Balaban J connectivity index is 2.13. The van der Waals surface area contributed by atoms with Crippen molar-refractivity contribution in [2.75, 3.05) is 6.54 Å². The summed E-state index contributed by atoms with van der Waals surface area (Å²) in [6.07, 6.45) is 0. The Kier molecular flexibility index (Phi) is 4.69. The van der Waals surface area contributed by atoms with Crippen LogP contribution in [0.5, 0.6) is 0 Å². The molecule has 0 aliphatic rings. The zero-order valence-electron chi connectivity index (χ0n) is 11.7. The quantitative estimate of drug-likeness (QED) is 0.880. The summed E-state index contributed by atoms with van der Waals surface area (Å²) in [7, 11) is 0. The monoisotopic (exact) mass is 274 g/mol. The fourth-order valence-corrected chi connectivity index (χ4v) is 1.94. The Morgan fingerprint density at radius 2 is 1.85 bits per heavy atom. The minimum Gasteiger partial charge on any atom is -0.322 e. The first kappa shape index (κ1) is 14.5. The predicted molar refractivity (Wildman–Crippen MR) is 79.0 cm³/mol. The molecule has 0 radical (unpaired) electrons. The average Bonchev–Trinajstić information content (AvgIpc) is 2.41. The van der Waals surface area contributed by atoms with Crippen molar-refractivity contribution in [2.24, 2.45) is 5.92 Å². The van der Waals surface area contributed by atoms with Crippen molar-refractivity contribution >= 4 is 0 Å². The molecule has 0 aliphatic heterocycles. The van der Waals surface area contributed by atoms with E-state index in [1.54, 1.807) is 12.1 Å². The highest BCUT2D eigenvalue weighted by molar-refractivity contribution is 5.58. The van der Waals surface area contributed by atoms with E-state index >= 15 is 0 Å². The number of hydrogen-bond donors (Lipinski definition) is 2. The van der Waals surface area contributed by atoms with Crippen LogP contribution in [0.2, 0.25) is 0 Å². The minimum atomic E-state index is -0.286. The maximum absolute atomic E-state index is 12.9. The van der Waals surface area contributed by atoms with E-state index in [-0.39, 0.29) is 11.4 Å². The summed E-state index contributed by atoms with van der Waals surface area (Å²) >= 11 is 0. The van der Waals surface area contributed by atoms with Crippen LogP contribution < -0.4 is 10.9 Å². The number of halogens is 1. The van der Waals surface area contributed by atoms with Crippen LogP contribution in [0.1, 0.15) is 19.4 Å². The summed E-state index contributed by atoms with van der Waals surface area (Å²) in [6, 6.07) is 9.72. The number of pyridine rings is 1. The standard InChI is InChI=1S/C16H19FN2O/c1-11(2)9-18-10-13-5-8-15(19-16(13)20)12-3-6-14(17)7-4-12/h3-8,11,18H,9-10H2,1-2H3,(H,19,20). The lowest BCUT2D eigenvalue weighted by Gasteiger charge is -2.08. The number of rotatable bonds is 5. The number of aromatic nitrogens is 1. The Bertz CT molecular complexity index is 617. The van der Waals surface area contributed by atoms with Crippen LogP contribution in [-0.4, -0.2) is 11.5 Å². The van der Waals surface area contributed by atoms with E-state index in [1.807, 2.05) is 12.1 Å². The average molecular weight is 274 g/mol. The molecule has 20 heavy (non-hydrogen) atoms. The molecule has 3 nitrogen and oxygen atoms in total. The van der Waals surface area contributed by atoms with Gasteiger partial charge in [-0.15, -0.1) is 0 Å². The van der Waals surface area contributed by atoms with Crippen molar-refractivity contribution in [1.82, 2.24) is 10.3 Å². The van der Waals surface area contributed by atoms with E-state index in [9.17, 15) is 9.18 Å². The second kappa shape index (κ2) is 6.48. The van der Waals surface area contributed by atoms with Crippen LogP contribution in [0.4, 0.5) is 4.39 Å². The van der Waals surface area contributed by atoms with Gasteiger partial charge in [-0.25, -0.2) is 4.39 Å². The second-order valence-corrected chi connectivity index (χ2v) is 5.26. The number of hydrogen-bond acceptors (Lipinski definition) is 2. The Morgan fingerprint density at radius 1 is 1.15 bits per heavy atom. The molecule has 1 aromatic heterocycles. The number of nitrogens with one attached hydrogen (secondary N) is 2. The molecule has 2 rings (SSSR count). The van der Waals surface area contributed by atoms with Gasteiger partial charge < -0.3 is 10.3 Å². The molecule has 0 amide bonds. The van der Waals surface area contributed by atoms with Crippen LogP contribution in [-0.2, 0) is 6.54 Å². The first-order chi connectivity index (χ1) is 9.56. The Morgan fingerprint density at radius 3 is 2.45 bits per heavy atom. The van der Waals surface area contributed by atoms with Gasteiger partial charge in [0.1, 0.15) is 5.82 Å². The largest absolute Gasteiger partial charge is 0.322 e. The van der Waals surface area contributed by atoms with Crippen molar-refractivity contribution in [3.63, 3.8) is 0 Å². The van der Waals surface area contributed by atoms with Crippen molar-refractivity contribution in [1.29, 1.82) is 0 Å². The first-order valence-electron chi connectivity index (χ1n) is 6.75. The van der Waals surface area contributed by atoms with Gasteiger partial charge in [0.2, 0.25) is 0 Å². The zero-order valence-corrected chi connectivity index (χ0v) is 11.7. The third kappa shape index (κ3) is 3.78. The summed E-state index contributed by atoms with van der Waals surface area (Å²) in [5.74, 6) is 0.262. The second-order valence-electron chi connectivity index (χ2n) is 5.26. The molecule has 0 atom stereocenters. The lowest BCUT2D eigenvalue weighted by Crippen LogP contribution is -2.24. The maximum Gasteiger partial charge on any atom is 0.252 e. The summed E-state index contributed by atoms with van der Waals surface area (Å²) in [6.45, 7) is 5.67.